The molecular formula is C16H22Cl2N2O2S2. The maximum atomic E-state index is 12.5. The fraction of sp³-hybridized carbons (Fsp3) is 0.625. The molecule has 0 radical (unpaired) electrons. The Kier molecular flexibility index (Phi) is 5.94. The van der Waals surface area contributed by atoms with Crippen LogP contribution in [-0.2, 0) is 10.0 Å². The van der Waals surface area contributed by atoms with Crippen LogP contribution in [-0.4, -0.2) is 38.5 Å². The van der Waals surface area contributed by atoms with E-state index in [1.807, 2.05) is 6.08 Å². The van der Waals surface area contributed by atoms with Crippen molar-refractivity contribution in [3.8, 4) is 0 Å². The molecule has 1 aromatic rings. The van der Waals surface area contributed by atoms with Crippen LogP contribution in [0.1, 0.15) is 35.9 Å². The topological polar surface area (TPSA) is 49.4 Å². The summed E-state index contributed by atoms with van der Waals surface area (Å²) in [5, 5.41) is 0. The van der Waals surface area contributed by atoms with Crippen molar-refractivity contribution in [3.63, 3.8) is 0 Å². The lowest BCUT2D eigenvalue weighted by atomic mass is 9.97. The first-order valence-corrected chi connectivity index (χ1v) is 11.3. The normalized spacial score (nSPS) is 26.5. The first-order valence-electron chi connectivity index (χ1n) is 8.18. The van der Waals surface area contributed by atoms with Gasteiger partial charge in [-0.2, -0.15) is 0 Å². The predicted molar refractivity (Wildman–Crippen MR) is 100 cm³/mol. The van der Waals surface area contributed by atoms with Gasteiger partial charge in [-0.1, -0.05) is 42.3 Å². The minimum Gasteiger partial charge on any atom is -0.297 e. The van der Waals surface area contributed by atoms with E-state index in [0.29, 0.717) is 10.9 Å². The van der Waals surface area contributed by atoms with Gasteiger partial charge in [0, 0.05) is 17.0 Å². The number of nitrogens with zero attached hydrogens (tertiary/aromatic N) is 1. The lowest BCUT2D eigenvalue weighted by molar-refractivity contribution is 0.157. The summed E-state index contributed by atoms with van der Waals surface area (Å²) in [5.41, 5.74) is 0. The molecule has 1 aliphatic heterocycles. The Bertz CT molecular complexity index is 695. The molecule has 2 unspecified atom stereocenters. The smallest absolute Gasteiger partial charge is 0.250 e. The third kappa shape index (κ3) is 4.34. The summed E-state index contributed by atoms with van der Waals surface area (Å²) in [6.45, 7) is 4.48. The zero-order valence-corrected chi connectivity index (χ0v) is 16.6. The standard InChI is InChI=1S/C16H22Cl2N2O2S2/c1-11-6-8-20(9-7-11)13-3-2-12(10-13)19-24(21,22)15-5-4-14(23-15)16(17)18/h2-5,11-13,16,19H,6-10H2,1H3. The van der Waals surface area contributed by atoms with Crippen LogP contribution in [0, 0.1) is 5.92 Å². The van der Waals surface area contributed by atoms with Gasteiger partial charge in [0.05, 0.1) is 0 Å². The molecule has 8 heteroatoms. The van der Waals surface area contributed by atoms with Crippen molar-refractivity contribution in [1.29, 1.82) is 0 Å². The Morgan fingerprint density at radius 1 is 1.25 bits per heavy atom. The molecule has 1 fully saturated rings. The van der Waals surface area contributed by atoms with Crippen LogP contribution in [0.2, 0.25) is 0 Å². The number of rotatable bonds is 5. The summed E-state index contributed by atoms with van der Waals surface area (Å²) in [4.78, 5) is 2.40. The quantitative estimate of drug-likeness (QED) is 0.592. The Balaban J connectivity index is 1.59. The number of hydrogen-bond acceptors (Lipinski definition) is 4. The Hall–Kier alpha value is -0.110. The van der Waals surface area contributed by atoms with E-state index in [1.165, 1.54) is 12.8 Å². The van der Waals surface area contributed by atoms with Crippen LogP contribution in [0.15, 0.2) is 28.5 Å². The maximum absolute atomic E-state index is 12.5. The molecule has 3 rings (SSSR count). The predicted octanol–water partition coefficient (Wildman–Crippen LogP) is 3.93. The third-order valence-corrected chi connectivity index (χ3v) is 8.60. The average molecular weight is 409 g/mol. The molecule has 2 atom stereocenters. The Morgan fingerprint density at radius 2 is 1.96 bits per heavy atom. The third-order valence-electron chi connectivity index (χ3n) is 4.74. The minimum absolute atomic E-state index is 0.160. The van der Waals surface area contributed by atoms with Crippen LogP contribution in [0.4, 0.5) is 0 Å². The number of nitrogens with one attached hydrogen (secondary N) is 1. The van der Waals surface area contributed by atoms with Gasteiger partial charge < -0.3 is 0 Å². The largest absolute Gasteiger partial charge is 0.297 e. The summed E-state index contributed by atoms with van der Waals surface area (Å²) >= 11 is 12.7. The van der Waals surface area contributed by atoms with Crippen LogP contribution >= 0.6 is 34.5 Å². The van der Waals surface area contributed by atoms with Gasteiger partial charge in [-0.3, -0.25) is 4.90 Å². The molecular weight excluding hydrogens is 387 g/mol. The highest BCUT2D eigenvalue weighted by Gasteiger charge is 2.30. The van der Waals surface area contributed by atoms with E-state index in [0.717, 1.165) is 36.8 Å². The van der Waals surface area contributed by atoms with Gasteiger partial charge in [-0.05, 0) is 50.4 Å². The summed E-state index contributed by atoms with van der Waals surface area (Å²) < 4.78 is 28.1. The summed E-state index contributed by atoms with van der Waals surface area (Å²) in [7, 11) is -3.54. The average Bonchev–Trinajstić information content (AvgIpc) is 3.17. The van der Waals surface area contributed by atoms with Crippen molar-refractivity contribution >= 4 is 44.6 Å². The maximum Gasteiger partial charge on any atom is 0.250 e. The number of hydrogen-bond donors (Lipinski definition) is 1. The first kappa shape index (κ1) is 18.7. The molecule has 0 bridgehead atoms. The van der Waals surface area contributed by atoms with Crippen molar-refractivity contribution in [2.24, 2.45) is 5.92 Å². The molecule has 0 saturated carbocycles. The fourth-order valence-electron chi connectivity index (χ4n) is 3.25. The van der Waals surface area contributed by atoms with Crippen molar-refractivity contribution in [2.45, 2.75) is 47.3 Å². The van der Waals surface area contributed by atoms with Crippen molar-refractivity contribution < 1.29 is 8.42 Å². The molecule has 0 amide bonds. The molecule has 24 heavy (non-hydrogen) atoms. The molecule has 2 heterocycles. The second-order valence-corrected chi connectivity index (χ2v) is 10.7. The van der Waals surface area contributed by atoms with Crippen LogP contribution in [0.3, 0.4) is 0 Å². The van der Waals surface area contributed by atoms with E-state index in [4.69, 9.17) is 23.2 Å². The zero-order valence-electron chi connectivity index (χ0n) is 13.5. The monoisotopic (exact) mass is 408 g/mol. The second-order valence-electron chi connectivity index (χ2n) is 6.59. The lowest BCUT2D eigenvalue weighted by Crippen LogP contribution is -2.41. The van der Waals surface area contributed by atoms with Gasteiger partial charge in [-0.25, -0.2) is 13.1 Å². The molecule has 0 spiro atoms. The zero-order chi connectivity index (χ0) is 17.3. The number of sulfonamides is 1. The number of halogens is 2. The van der Waals surface area contributed by atoms with E-state index < -0.39 is 14.9 Å². The van der Waals surface area contributed by atoms with Gasteiger partial charge in [0.2, 0.25) is 0 Å². The second kappa shape index (κ2) is 7.64. The molecule has 2 aliphatic rings. The molecule has 0 aromatic carbocycles. The molecule has 134 valence electrons. The van der Waals surface area contributed by atoms with Gasteiger partial charge >= 0.3 is 0 Å². The molecule has 1 N–H and O–H groups in total. The van der Waals surface area contributed by atoms with Gasteiger partial charge in [0.25, 0.3) is 10.0 Å². The molecule has 1 aliphatic carbocycles. The first-order chi connectivity index (χ1) is 11.3. The van der Waals surface area contributed by atoms with Gasteiger partial charge in [-0.15, -0.1) is 11.3 Å². The van der Waals surface area contributed by atoms with E-state index in [9.17, 15) is 8.42 Å². The van der Waals surface area contributed by atoms with E-state index >= 15 is 0 Å². The highest BCUT2D eigenvalue weighted by atomic mass is 35.5. The van der Waals surface area contributed by atoms with Crippen LogP contribution in [0.25, 0.3) is 0 Å². The number of piperidine rings is 1. The van der Waals surface area contributed by atoms with E-state index in [-0.39, 0.29) is 10.3 Å². The van der Waals surface area contributed by atoms with Crippen molar-refractivity contribution in [3.05, 3.63) is 29.2 Å². The van der Waals surface area contributed by atoms with Crippen LogP contribution in [0.5, 0.6) is 0 Å². The van der Waals surface area contributed by atoms with Gasteiger partial charge in [0.15, 0.2) is 0 Å². The van der Waals surface area contributed by atoms with Crippen molar-refractivity contribution in [2.75, 3.05) is 13.1 Å². The molecule has 1 saturated heterocycles. The summed E-state index contributed by atoms with van der Waals surface area (Å²) in [6.07, 6.45) is 7.34. The number of thiophene rings is 1. The van der Waals surface area contributed by atoms with Gasteiger partial charge in [0.1, 0.15) is 9.05 Å². The highest BCUT2D eigenvalue weighted by molar-refractivity contribution is 7.91. The Labute approximate surface area is 157 Å². The lowest BCUT2D eigenvalue weighted by Gasteiger charge is -2.34. The highest BCUT2D eigenvalue weighted by Crippen LogP contribution is 2.33. The minimum atomic E-state index is -3.54. The number of likely N-dealkylation sites (tertiary alicyclic amines) is 1. The van der Waals surface area contributed by atoms with Crippen molar-refractivity contribution in [1.82, 2.24) is 9.62 Å². The van der Waals surface area contributed by atoms with E-state index in [2.05, 4.69) is 22.6 Å². The molecule has 4 nitrogen and oxygen atoms in total. The number of alkyl halides is 2. The van der Waals surface area contributed by atoms with Crippen LogP contribution < -0.4 is 4.72 Å². The summed E-state index contributed by atoms with van der Waals surface area (Å²) in [5.74, 6) is 0.793. The Morgan fingerprint density at radius 3 is 2.58 bits per heavy atom. The summed E-state index contributed by atoms with van der Waals surface area (Å²) in [6, 6.07) is 3.39. The molecule has 1 aromatic heterocycles. The van der Waals surface area contributed by atoms with E-state index in [1.54, 1.807) is 12.1 Å². The fourth-order valence-corrected chi connectivity index (χ4v) is 6.07. The SMILES string of the molecule is CC1CCN(C2C=CC(NS(=O)(=O)c3ccc(C(Cl)Cl)s3)C2)CC1.